The maximum absolute atomic E-state index is 5.74. The quantitative estimate of drug-likeness (QED) is 0.672. The lowest BCUT2D eigenvalue weighted by Crippen LogP contribution is -2.15. The summed E-state index contributed by atoms with van der Waals surface area (Å²) in [7, 11) is 0. The average Bonchev–Trinajstić information content (AvgIpc) is 2.19. The fraction of sp³-hybridized carbons (Fsp3) is 0.500. The van der Waals surface area contributed by atoms with Crippen LogP contribution in [-0.4, -0.2) is 6.61 Å². The molecule has 1 aromatic carbocycles. The van der Waals surface area contributed by atoms with E-state index in [1.54, 1.807) is 0 Å². The topological polar surface area (TPSA) is 9.23 Å². The Morgan fingerprint density at radius 2 is 2.23 bits per heavy atom. The summed E-state index contributed by atoms with van der Waals surface area (Å²) in [5, 5.41) is 0. The maximum Gasteiger partial charge on any atom is 0.0827 e. The molecule has 0 N–H and O–H groups in total. The highest BCUT2D eigenvalue weighted by Gasteiger charge is 2.18. The monoisotopic (exact) mass is 176 g/mol. The highest BCUT2D eigenvalue weighted by Crippen LogP contribution is 2.29. The van der Waals surface area contributed by atoms with Gasteiger partial charge in [-0.15, -0.1) is 0 Å². The van der Waals surface area contributed by atoms with Gasteiger partial charge in [0, 0.05) is 0 Å². The van der Waals surface area contributed by atoms with E-state index in [1.165, 1.54) is 17.5 Å². The van der Waals surface area contributed by atoms with E-state index in [4.69, 9.17) is 4.74 Å². The van der Waals surface area contributed by atoms with E-state index in [9.17, 15) is 0 Å². The van der Waals surface area contributed by atoms with Crippen molar-refractivity contribution in [1.82, 2.24) is 0 Å². The van der Waals surface area contributed by atoms with Gasteiger partial charge in [-0.1, -0.05) is 37.6 Å². The van der Waals surface area contributed by atoms with E-state index in [0.717, 1.165) is 19.4 Å². The maximum atomic E-state index is 5.74. The molecule has 1 aliphatic rings. The summed E-state index contributed by atoms with van der Waals surface area (Å²) >= 11 is 0. The molecule has 1 heteroatoms. The number of ether oxygens (including phenoxy) is 1. The van der Waals surface area contributed by atoms with Crippen LogP contribution in [0.5, 0.6) is 0 Å². The molecular formula is C12H16O. The summed E-state index contributed by atoms with van der Waals surface area (Å²) < 4.78 is 5.74. The summed E-state index contributed by atoms with van der Waals surface area (Å²) in [6, 6.07) is 8.65. The van der Waals surface area contributed by atoms with E-state index in [2.05, 4.69) is 31.2 Å². The number of benzene rings is 1. The van der Waals surface area contributed by atoms with Gasteiger partial charge in [0.2, 0.25) is 0 Å². The molecule has 1 nitrogen and oxygen atoms in total. The van der Waals surface area contributed by atoms with Crippen LogP contribution in [-0.2, 0) is 11.2 Å². The fourth-order valence-electron chi connectivity index (χ4n) is 1.98. The van der Waals surface area contributed by atoms with Gasteiger partial charge in [0.1, 0.15) is 0 Å². The van der Waals surface area contributed by atoms with Gasteiger partial charge in [-0.05, 0) is 24.0 Å². The smallest absolute Gasteiger partial charge is 0.0827 e. The number of fused-ring (bicyclic) bond motifs is 1. The Labute approximate surface area is 79.7 Å². The molecule has 0 spiro atoms. The molecule has 1 atom stereocenters. The standard InChI is InChI=1S/C12H16O/c1-2-5-12-11-7-4-3-6-10(11)8-9-13-12/h3-4,6-7,12H,2,5,8-9H2,1H3. The van der Waals surface area contributed by atoms with E-state index in [-0.39, 0.29) is 0 Å². The molecule has 0 amide bonds. The Hall–Kier alpha value is -0.820. The Kier molecular flexibility index (Phi) is 2.65. The lowest BCUT2D eigenvalue weighted by Gasteiger charge is -2.25. The first kappa shape index (κ1) is 8.76. The lowest BCUT2D eigenvalue weighted by atomic mass is 9.95. The van der Waals surface area contributed by atoms with E-state index in [1.807, 2.05) is 0 Å². The normalized spacial score (nSPS) is 21.2. The summed E-state index contributed by atoms with van der Waals surface area (Å²) in [5.41, 5.74) is 2.89. The molecule has 0 saturated carbocycles. The SMILES string of the molecule is CCCC1OCCc2ccccc21. The zero-order chi connectivity index (χ0) is 9.10. The zero-order valence-corrected chi connectivity index (χ0v) is 8.12. The third kappa shape index (κ3) is 1.75. The van der Waals surface area contributed by atoms with Crippen molar-refractivity contribution in [3.05, 3.63) is 35.4 Å². The number of hydrogen-bond acceptors (Lipinski definition) is 1. The van der Waals surface area contributed by atoms with E-state index < -0.39 is 0 Å². The summed E-state index contributed by atoms with van der Waals surface area (Å²) in [4.78, 5) is 0. The predicted octanol–water partition coefficient (Wildman–Crippen LogP) is 3.10. The van der Waals surface area contributed by atoms with Crippen LogP contribution in [0.1, 0.15) is 37.0 Å². The first-order chi connectivity index (χ1) is 6.42. The molecule has 0 aliphatic carbocycles. The van der Waals surface area contributed by atoms with Gasteiger partial charge in [0.05, 0.1) is 12.7 Å². The predicted molar refractivity (Wildman–Crippen MR) is 53.7 cm³/mol. The minimum atomic E-state index is 0.356. The minimum Gasteiger partial charge on any atom is -0.373 e. The molecule has 0 bridgehead atoms. The molecule has 13 heavy (non-hydrogen) atoms. The Morgan fingerprint density at radius 1 is 1.38 bits per heavy atom. The molecule has 70 valence electrons. The van der Waals surface area contributed by atoms with Crippen molar-refractivity contribution >= 4 is 0 Å². The van der Waals surface area contributed by atoms with Crippen LogP contribution in [0.3, 0.4) is 0 Å². The van der Waals surface area contributed by atoms with Crippen LogP contribution in [0.25, 0.3) is 0 Å². The highest BCUT2D eigenvalue weighted by atomic mass is 16.5. The van der Waals surface area contributed by atoms with Crippen LogP contribution < -0.4 is 0 Å². The second kappa shape index (κ2) is 3.93. The average molecular weight is 176 g/mol. The van der Waals surface area contributed by atoms with Crippen LogP contribution >= 0.6 is 0 Å². The fourth-order valence-corrected chi connectivity index (χ4v) is 1.98. The molecule has 1 aromatic rings. The summed E-state index contributed by atoms with van der Waals surface area (Å²) in [6.07, 6.45) is 3.78. The lowest BCUT2D eigenvalue weighted by molar-refractivity contribution is 0.0361. The molecule has 1 heterocycles. The molecule has 1 unspecified atom stereocenters. The second-order valence-corrected chi connectivity index (χ2v) is 3.60. The van der Waals surface area contributed by atoms with Crippen molar-refractivity contribution in [2.75, 3.05) is 6.61 Å². The molecule has 1 aliphatic heterocycles. The van der Waals surface area contributed by atoms with Gasteiger partial charge < -0.3 is 4.74 Å². The largest absolute Gasteiger partial charge is 0.373 e. The Bertz CT molecular complexity index is 280. The van der Waals surface area contributed by atoms with Gasteiger partial charge >= 0.3 is 0 Å². The Balaban J connectivity index is 2.26. The minimum absolute atomic E-state index is 0.356. The number of hydrogen-bond donors (Lipinski definition) is 0. The molecular weight excluding hydrogens is 160 g/mol. The van der Waals surface area contributed by atoms with Crippen LogP contribution in [0.4, 0.5) is 0 Å². The van der Waals surface area contributed by atoms with Crippen molar-refractivity contribution < 1.29 is 4.74 Å². The highest BCUT2D eigenvalue weighted by molar-refractivity contribution is 5.30. The van der Waals surface area contributed by atoms with E-state index >= 15 is 0 Å². The van der Waals surface area contributed by atoms with Crippen molar-refractivity contribution in [1.29, 1.82) is 0 Å². The molecule has 2 rings (SSSR count). The van der Waals surface area contributed by atoms with E-state index in [0.29, 0.717) is 6.10 Å². The van der Waals surface area contributed by atoms with Crippen LogP contribution in [0.15, 0.2) is 24.3 Å². The van der Waals surface area contributed by atoms with Gasteiger partial charge in [0.25, 0.3) is 0 Å². The van der Waals surface area contributed by atoms with Gasteiger partial charge in [-0.2, -0.15) is 0 Å². The molecule has 0 radical (unpaired) electrons. The Morgan fingerprint density at radius 3 is 3.08 bits per heavy atom. The zero-order valence-electron chi connectivity index (χ0n) is 8.12. The first-order valence-corrected chi connectivity index (χ1v) is 5.11. The molecule has 0 fully saturated rings. The van der Waals surface area contributed by atoms with Gasteiger partial charge in [-0.3, -0.25) is 0 Å². The molecule has 0 saturated heterocycles. The second-order valence-electron chi connectivity index (χ2n) is 3.60. The van der Waals surface area contributed by atoms with Crippen LogP contribution in [0, 0.1) is 0 Å². The van der Waals surface area contributed by atoms with Crippen molar-refractivity contribution in [2.24, 2.45) is 0 Å². The number of rotatable bonds is 2. The summed E-state index contributed by atoms with van der Waals surface area (Å²) in [6.45, 7) is 3.10. The molecule has 0 aromatic heterocycles. The van der Waals surface area contributed by atoms with Crippen molar-refractivity contribution in [3.8, 4) is 0 Å². The third-order valence-corrected chi connectivity index (χ3v) is 2.64. The van der Waals surface area contributed by atoms with Crippen molar-refractivity contribution in [3.63, 3.8) is 0 Å². The third-order valence-electron chi connectivity index (χ3n) is 2.64. The van der Waals surface area contributed by atoms with Crippen LogP contribution in [0.2, 0.25) is 0 Å². The first-order valence-electron chi connectivity index (χ1n) is 5.11. The van der Waals surface area contributed by atoms with Gasteiger partial charge in [-0.25, -0.2) is 0 Å². The van der Waals surface area contributed by atoms with Gasteiger partial charge in [0.15, 0.2) is 0 Å². The van der Waals surface area contributed by atoms with Crippen molar-refractivity contribution in [2.45, 2.75) is 32.3 Å². The summed E-state index contributed by atoms with van der Waals surface area (Å²) in [5.74, 6) is 0.